The number of hydrogen-bond donors (Lipinski definition) is 3. The number of nitrogens with one attached hydrogen (secondary N) is 1. The third kappa shape index (κ3) is 2.41. The molecule has 1 amide bonds. The first-order valence-corrected chi connectivity index (χ1v) is 5.34. The van der Waals surface area contributed by atoms with Crippen LogP contribution in [-0.2, 0) is 14.3 Å². The average Bonchev–Trinajstić information content (AvgIpc) is 2.38. The molecule has 1 atom stereocenters. The van der Waals surface area contributed by atoms with Crippen molar-refractivity contribution >= 4 is 11.9 Å². The molecule has 0 aromatic heterocycles. The van der Waals surface area contributed by atoms with Gasteiger partial charge in [-0.05, 0) is 27.7 Å². The van der Waals surface area contributed by atoms with Gasteiger partial charge < -0.3 is 14.9 Å². The van der Waals surface area contributed by atoms with Crippen molar-refractivity contribution in [2.24, 2.45) is 0 Å². The van der Waals surface area contributed by atoms with Gasteiger partial charge in [0.15, 0.2) is 6.04 Å². The molecule has 3 N–H and O–H groups in total. The predicted octanol–water partition coefficient (Wildman–Crippen LogP) is -1.26. The lowest BCUT2D eigenvalue weighted by Crippen LogP contribution is -2.51. The first-order chi connectivity index (χ1) is 7.62. The summed E-state index contributed by atoms with van der Waals surface area (Å²) >= 11 is 0. The fourth-order valence-corrected chi connectivity index (χ4v) is 1.51. The zero-order valence-corrected chi connectivity index (χ0v) is 10.4. The second-order valence-corrected chi connectivity index (χ2v) is 4.85. The molecule has 1 rings (SSSR count). The number of esters is 1. The van der Waals surface area contributed by atoms with Crippen molar-refractivity contribution in [2.75, 3.05) is 6.61 Å². The Hall–Kier alpha value is -1.18. The van der Waals surface area contributed by atoms with Crippen LogP contribution in [-0.4, -0.2) is 51.1 Å². The van der Waals surface area contributed by atoms with Crippen molar-refractivity contribution < 1.29 is 24.5 Å². The second kappa shape index (κ2) is 4.25. The van der Waals surface area contributed by atoms with Crippen LogP contribution in [0.4, 0.5) is 0 Å². The highest BCUT2D eigenvalue weighted by atomic mass is 16.6. The molecule has 0 aromatic carbocycles. The molecule has 0 spiro atoms. The summed E-state index contributed by atoms with van der Waals surface area (Å²) in [4.78, 5) is 23.2. The molecule has 1 heterocycles. The van der Waals surface area contributed by atoms with Crippen LogP contribution >= 0.6 is 0 Å². The lowest BCUT2D eigenvalue weighted by molar-refractivity contribution is -0.194. The van der Waals surface area contributed by atoms with E-state index in [-0.39, 0.29) is 6.61 Å². The van der Waals surface area contributed by atoms with Gasteiger partial charge in [0.05, 0.1) is 12.1 Å². The standard InChI is InChI=1S/C10H18N2O5/c1-5-17-7(13)6-10(15,16)8(14)12(11-6)9(2,3)4/h6,11,15-16H,5H2,1-4H3. The van der Waals surface area contributed by atoms with Gasteiger partial charge in [-0.25, -0.2) is 5.43 Å². The monoisotopic (exact) mass is 246 g/mol. The van der Waals surface area contributed by atoms with Crippen LogP contribution < -0.4 is 5.43 Å². The number of hydrogen-bond acceptors (Lipinski definition) is 6. The topological polar surface area (TPSA) is 99.1 Å². The first-order valence-electron chi connectivity index (χ1n) is 5.34. The third-order valence-electron chi connectivity index (χ3n) is 2.37. The lowest BCUT2D eigenvalue weighted by Gasteiger charge is -2.31. The molecule has 1 aliphatic heterocycles. The SMILES string of the molecule is CCOC(=O)C1NN(C(C)(C)C)C(=O)C1(O)O. The summed E-state index contributed by atoms with van der Waals surface area (Å²) in [5.41, 5.74) is 1.78. The number of aliphatic hydroxyl groups is 2. The van der Waals surface area contributed by atoms with Crippen molar-refractivity contribution in [1.29, 1.82) is 0 Å². The minimum absolute atomic E-state index is 0.0940. The highest BCUT2D eigenvalue weighted by molar-refractivity contribution is 5.94. The van der Waals surface area contributed by atoms with Crippen molar-refractivity contribution in [1.82, 2.24) is 10.4 Å². The van der Waals surface area contributed by atoms with Gasteiger partial charge >= 0.3 is 5.97 Å². The van der Waals surface area contributed by atoms with Crippen molar-refractivity contribution in [3.63, 3.8) is 0 Å². The van der Waals surface area contributed by atoms with E-state index >= 15 is 0 Å². The molecule has 0 aromatic rings. The molecule has 1 fully saturated rings. The van der Waals surface area contributed by atoms with E-state index in [0.717, 1.165) is 5.01 Å². The molecule has 17 heavy (non-hydrogen) atoms. The summed E-state index contributed by atoms with van der Waals surface area (Å²) in [6.45, 7) is 6.77. The largest absolute Gasteiger partial charge is 0.465 e. The van der Waals surface area contributed by atoms with Crippen LogP contribution in [0.1, 0.15) is 27.7 Å². The molecule has 1 unspecified atom stereocenters. The molecular weight excluding hydrogens is 228 g/mol. The van der Waals surface area contributed by atoms with Crippen LogP contribution in [0.15, 0.2) is 0 Å². The summed E-state index contributed by atoms with van der Waals surface area (Å²) in [7, 11) is 0. The Labute approximate surface area is 99.3 Å². The van der Waals surface area contributed by atoms with Gasteiger partial charge in [-0.15, -0.1) is 0 Å². The molecule has 0 saturated carbocycles. The summed E-state index contributed by atoms with van der Waals surface area (Å²) in [6, 6.07) is -1.51. The minimum Gasteiger partial charge on any atom is -0.465 e. The number of carbonyl (C=O) groups is 2. The van der Waals surface area contributed by atoms with E-state index in [1.54, 1.807) is 27.7 Å². The third-order valence-corrected chi connectivity index (χ3v) is 2.37. The molecule has 7 heteroatoms. The molecule has 0 aliphatic carbocycles. The Bertz CT molecular complexity index is 334. The highest BCUT2D eigenvalue weighted by Crippen LogP contribution is 2.25. The highest BCUT2D eigenvalue weighted by Gasteiger charge is 2.58. The Morgan fingerprint density at radius 1 is 1.53 bits per heavy atom. The van der Waals surface area contributed by atoms with E-state index < -0.39 is 29.2 Å². The molecule has 1 saturated heterocycles. The van der Waals surface area contributed by atoms with E-state index in [1.165, 1.54) is 0 Å². The van der Waals surface area contributed by atoms with E-state index in [2.05, 4.69) is 10.2 Å². The smallest absolute Gasteiger partial charge is 0.331 e. The number of amides is 1. The van der Waals surface area contributed by atoms with Crippen LogP contribution in [0, 0.1) is 0 Å². The van der Waals surface area contributed by atoms with Crippen LogP contribution in [0.25, 0.3) is 0 Å². The van der Waals surface area contributed by atoms with Gasteiger partial charge in [-0.1, -0.05) is 0 Å². The number of ether oxygens (including phenoxy) is 1. The van der Waals surface area contributed by atoms with E-state index in [0.29, 0.717) is 0 Å². The van der Waals surface area contributed by atoms with Gasteiger partial charge in [-0.2, -0.15) is 0 Å². The predicted molar refractivity (Wildman–Crippen MR) is 57.3 cm³/mol. The van der Waals surface area contributed by atoms with Crippen molar-refractivity contribution in [3.05, 3.63) is 0 Å². The van der Waals surface area contributed by atoms with Gasteiger partial charge in [0, 0.05) is 0 Å². The molecular formula is C10H18N2O5. The van der Waals surface area contributed by atoms with Gasteiger partial charge in [0.1, 0.15) is 0 Å². The average molecular weight is 246 g/mol. The fourth-order valence-electron chi connectivity index (χ4n) is 1.51. The summed E-state index contributed by atoms with van der Waals surface area (Å²) in [5, 5.41) is 20.3. The molecule has 0 bridgehead atoms. The first kappa shape index (κ1) is 13.9. The Morgan fingerprint density at radius 2 is 2.06 bits per heavy atom. The summed E-state index contributed by atoms with van der Waals surface area (Å²) in [5.74, 6) is -4.62. The molecule has 98 valence electrons. The maximum Gasteiger partial charge on any atom is 0.331 e. The van der Waals surface area contributed by atoms with Gasteiger partial charge in [0.2, 0.25) is 0 Å². The summed E-state index contributed by atoms with van der Waals surface area (Å²) in [6.07, 6.45) is 0. The van der Waals surface area contributed by atoms with Crippen molar-refractivity contribution in [2.45, 2.75) is 45.1 Å². The van der Waals surface area contributed by atoms with Crippen LogP contribution in [0.3, 0.4) is 0 Å². The number of nitrogens with zero attached hydrogens (tertiary/aromatic N) is 1. The van der Waals surface area contributed by atoms with E-state index in [9.17, 15) is 19.8 Å². The maximum absolute atomic E-state index is 11.7. The fraction of sp³-hybridized carbons (Fsp3) is 0.800. The number of hydrazine groups is 1. The maximum atomic E-state index is 11.7. The molecule has 0 radical (unpaired) electrons. The van der Waals surface area contributed by atoms with Gasteiger partial charge in [0.25, 0.3) is 11.7 Å². The van der Waals surface area contributed by atoms with Crippen LogP contribution in [0.5, 0.6) is 0 Å². The zero-order valence-electron chi connectivity index (χ0n) is 10.4. The quantitative estimate of drug-likeness (QED) is 0.415. The number of rotatable bonds is 2. The van der Waals surface area contributed by atoms with E-state index in [4.69, 9.17) is 0 Å². The van der Waals surface area contributed by atoms with E-state index in [1.807, 2.05) is 0 Å². The van der Waals surface area contributed by atoms with Crippen LogP contribution in [0.2, 0.25) is 0 Å². The van der Waals surface area contributed by atoms with Gasteiger partial charge in [-0.3, -0.25) is 14.6 Å². The Kier molecular flexibility index (Phi) is 3.47. The van der Waals surface area contributed by atoms with Crippen molar-refractivity contribution in [3.8, 4) is 0 Å². The molecule has 7 nitrogen and oxygen atoms in total. The Balaban J connectivity index is 2.97. The summed E-state index contributed by atoms with van der Waals surface area (Å²) < 4.78 is 4.67. The second-order valence-electron chi connectivity index (χ2n) is 4.85. The Morgan fingerprint density at radius 3 is 2.41 bits per heavy atom. The zero-order chi connectivity index (χ0) is 13.4. The normalized spacial score (nSPS) is 24.0. The lowest BCUT2D eigenvalue weighted by atomic mass is 10.1. The minimum atomic E-state index is -2.78. The number of carbonyl (C=O) groups excluding carboxylic acids is 2. The molecule has 1 aliphatic rings.